The fraction of sp³-hybridized carbons (Fsp3) is 0.316. The monoisotopic (exact) mass is 498 g/mol. The number of morpholine rings is 1. The van der Waals surface area contributed by atoms with Crippen molar-refractivity contribution in [2.75, 3.05) is 37.5 Å². The molecule has 2 aromatic rings. The van der Waals surface area contributed by atoms with E-state index in [0.29, 0.717) is 0 Å². The minimum Gasteiger partial charge on any atom is -0.379 e. The van der Waals surface area contributed by atoms with E-state index in [2.05, 4.69) is 10.5 Å². The van der Waals surface area contributed by atoms with Gasteiger partial charge in [-0.3, -0.25) is 15.5 Å². The number of benzene rings is 2. The number of hydrogen-bond acceptors (Lipinski definition) is 9. The summed E-state index contributed by atoms with van der Waals surface area (Å²) in [5.74, 6) is -0.896. The molecule has 14 heteroatoms. The Morgan fingerprint density at radius 2 is 1.88 bits per heavy atom. The van der Waals surface area contributed by atoms with Crippen molar-refractivity contribution in [1.82, 2.24) is 4.31 Å². The van der Waals surface area contributed by atoms with Crippen LogP contribution in [0.15, 0.2) is 51.3 Å². The minimum absolute atomic E-state index is 0.0247. The lowest BCUT2D eigenvalue weighted by atomic mass is 10.1. The highest BCUT2D eigenvalue weighted by atomic mass is 32.2. The van der Waals surface area contributed by atoms with Crippen molar-refractivity contribution in [2.45, 2.75) is 16.2 Å². The van der Waals surface area contributed by atoms with Gasteiger partial charge in [-0.1, -0.05) is 0 Å². The summed E-state index contributed by atoms with van der Waals surface area (Å²) in [6, 6.07) is 6.60. The van der Waals surface area contributed by atoms with E-state index in [1.54, 1.807) is 0 Å². The van der Waals surface area contributed by atoms with Gasteiger partial charge in [0.2, 0.25) is 10.0 Å². The fourth-order valence-electron chi connectivity index (χ4n) is 3.57. The van der Waals surface area contributed by atoms with Gasteiger partial charge < -0.3 is 4.74 Å². The molecule has 0 unspecified atom stereocenters. The third-order valence-electron chi connectivity index (χ3n) is 5.28. The predicted octanol–water partition coefficient (Wildman–Crippen LogP) is 1.75. The highest BCUT2D eigenvalue weighted by Crippen LogP contribution is 2.31. The molecule has 0 aliphatic carbocycles. The van der Waals surface area contributed by atoms with Crippen LogP contribution in [0, 0.1) is 15.9 Å². The first-order chi connectivity index (χ1) is 15.6. The second-order valence-electron chi connectivity index (χ2n) is 7.33. The normalized spacial score (nSPS) is 19.7. The van der Waals surface area contributed by atoms with E-state index in [1.807, 2.05) is 0 Å². The molecule has 0 amide bonds. The molecular weight excluding hydrogens is 479 g/mol. The van der Waals surface area contributed by atoms with Crippen LogP contribution in [0.3, 0.4) is 0 Å². The minimum atomic E-state index is -3.95. The van der Waals surface area contributed by atoms with Crippen molar-refractivity contribution in [3.8, 4) is 0 Å². The predicted molar refractivity (Wildman–Crippen MR) is 116 cm³/mol. The molecule has 2 aromatic carbocycles. The van der Waals surface area contributed by atoms with Crippen molar-refractivity contribution in [3.63, 3.8) is 0 Å². The fourth-order valence-corrected chi connectivity index (χ4v) is 6.47. The number of ether oxygens (including phenoxy) is 1. The first-order valence-electron chi connectivity index (χ1n) is 9.81. The summed E-state index contributed by atoms with van der Waals surface area (Å²) in [4.78, 5) is 10.5. The Balaban J connectivity index is 1.67. The average molecular weight is 499 g/mol. The first kappa shape index (κ1) is 23.2. The summed E-state index contributed by atoms with van der Waals surface area (Å²) in [6.45, 7) is 0.748. The van der Waals surface area contributed by atoms with E-state index in [4.69, 9.17) is 4.74 Å². The topological polar surface area (TPSA) is 148 Å². The molecule has 1 fully saturated rings. The molecule has 0 radical (unpaired) electrons. The van der Waals surface area contributed by atoms with Crippen LogP contribution in [0.5, 0.6) is 0 Å². The van der Waals surface area contributed by atoms with Crippen molar-refractivity contribution in [1.29, 1.82) is 0 Å². The molecule has 11 nitrogen and oxygen atoms in total. The number of halogens is 1. The highest BCUT2D eigenvalue weighted by Gasteiger charge is 2.30. The Bertz CT molecular complexity index is 1350. The van der Waals surface area contributed by atoms with Crippen molar-refractivity contribution in [2.24, 2.45) is 5.10 Å². The number of fused-ring (bicyclic) bond motifs is 1. The Morgan fingerprint density at radius 1 is 1.15 bits per heavy atom. The summed E-state index contributed by atoms with van der Waals surface area (Å²) in [5, 5.41) is 15.7. The Kier molecular flexibility index (Phi) is 6.18. The second-order valence-corrected chi connectivity index (χ2v) is 11.3. The second kappa shape index (κ2) is 8.78. The molecule has 2 aliphatic heterocycles. The lowest BCUT2D eigenvalue weighted by Crippen LogP contribution is -2.40. The van der Waals surface area contributed by atoms with Gasteiger partial charge in [-0.2, -0.15) is 9.41 Å². The molecule has 0 saturated carbocycles. The van der Waals surface area contributed by atoms with Crippen LogP contribution in [0.2, 0.25) is 0 Å². The number of sulfone groups is 1. The number of nitro benzene ring substituents is 1. The Morgan fingerprint density at radius 3 is 2.58 bits per heavy atom. The number of nitro groups is 1. The van der Waals surface area contributed by atoms with Gasteiger partial charge >= 0.3 is 0 Å². The molecule has 2 aliphatic rings. The zero-order chi connectivity index (χ0) is 23.8. The molecule has 0 bridgehead atoms. The molecule has 176 valence electrons. The van der Waals surface area contributed by atoms with E-state index in [1.165, 1.54) is 16.4 Å². The number of hydrazone groups is 1. The maximum atomic E-state index is 13.7. The van der Waals surface area contributed by atoms with Crippen LogP contribution in [-0.4, -0.2) is 63.8 Å². The third kappa shape index (κ3) is 4.59. The van der Waals surface area contributed by atoms with Gasteiger partial charge in [-0.25, -0.2) is 21.2 Å². The summed E-state index contributed by atoms with van der Waals surface area (Å²) in [5.41, 5.74) is 2.16. The standard InChI is InChI=1S/C19H19FN4O7S2/c20-13-1-4-19-15(11-13)16(5-10-32(19,27)28)21-22-17-3-2-14(12-18(17)24(25)26)33(29,30)23-6-8-31-9-7-23/h1-4,11-12,22H,5-10H2/b21-16-. The van der Waals surface area contributed by atoms with E-state index in [9.17, 15) is 31.3 Å². The SMILES string of the molecule is O=[N+]([O-])c1cc(S(=O)(=O)N2CCOCC2)ccc1N/N=C1/CCS(=O)(=O)c2ccc(F)cc21. The van der Waals surface area contributed by atoms with Crippen LogP contribution in [-0.2, 0) is 24.6 Å². The van der Waals surface area contributed by atoms with Crippen molar-refractivity contribution < 1.29 is 30.9 Å². The number of nitrogens with one attached hydrogen (secondary N) is 1. The van der Waals surface area contributed by atoms with Gasteiger partial charge in [0.25, 0.3) is 5.69 Å². The van der Waals surface area contributed by atoms with Crippen LogP contribution < -0.4 is 5.43 Å². The third-order valence-corrected chi connectivity index (χ3v) is 8.94. The zero-order valence-corrected chi connectivity index (χ0v) is 18.7. The van der Waals surface area contributed by atoms with Gasteiger partial charge in [0, 0.05) is 31.1 Å². The van der Waals surface area contributed by atoms with E-state index < -0.39 is 36.3 Å². The van der Waals surface area contributed by atoms with Crippen molar-refractivity contribution in [3.05, 3.63) is 57.9 Å². The number of hydrogen-bond donors (Lipinski definition) is 1. The van der Waals surface area contributed by atoms with Gasteiger partial charge in [0.1, 0.15) is 11.5 Å². The smallest absolute Gasteiger partial charge is 0.295 e. The molecule has 33 heavy (non-hydrogen) atoms. The molecule has 2 heterocycles. The first-order valence-corrected chi connectivity index (χ1v) is 12.9. The van der Waals surface area contributed by atoms with Gasteiger partial charge in [-0.05, 0) is 30.3 Å². The van der Waals surface area contributed by atoms with Crippen LogP contribution in [0.1, 0.15) is 12.0 Å². The van der Waals surface area contributed by atoms with E-state index >= 15 is 0 Å². The molecule has 0 aromatic heterocycles. The molecule has 0 atom stereocenters. The van der Waals surface area contributed by atoms with Crippen molar-refractivity contribution >= 4 is 36.9 Å². The Hall–Kier alpha value is -2.94. The average Bonchev–Trinajstić information content (AvgIpc) is 2.78. The van der Waals surface area contributed by atoms with Crippen LogP contribution >= 0.6 is 0 Å². The summed E-state index contributed by atoms with van der Waals surface area (Å²) >= 11 is 0. The molecule has 1 N–H and O–H groups in total. The summed E-state index contributed by atoms with van der Waals surface area (Å²) in [6.07, 6.45) is -0.0247. The van der Waals surface area contributed by atoms with Gasteiger partial charge in [-0.15, -0.1) is 0 Å². The maximum absolute atomic E-state index is 13.7. The number of rotatable bonds is 5. The lowest BCUT2D eigenvalue weighted by molar-refractivity contribution is -0.384. The maximum Gasteiger partial charge on any atom is 0.295 e. The van der Waals surface area contributed by atoms with E-state index in [0.717, 1.165) is 24.3 Å². The molecule has 4 rings (SSSR count). The quantitative estimate of drug-likeness (QED) is 0.372. The zero-order valence-electron chi connectivity index (χ0n) is 17.1. The van der Waals surface area contributed by atoms with Crippen LogP contribution in [0.4, 0.5) is 15.8 Å². The summed E-state index contributed by atoms with van der Waals surface area (Å²) < 4.78 is 70.2. The molecular formula is C19H19FN4O7S2. The highest BCUT2D eigenvalue weighted by molar-refractivity contribution is 7.91. The van der Waals surface area contributed by atoms with Gasteiger partial charge in [0.05, 0.1) is 39.4 Å². The van der Waals surface area contributed by atoms with Crippen LogP contribution in [0.25, 0.3) is 0 Å². The summed E-state index contributed by atoms with van der Waals surface area (Å²) in [7, 11) is -7.54. The number of sulfonamides is 1. The Labute approximate surface area is 189 Å². The van der Waals surface area contributed by atoms with E-state index in [-0.39, 0.29) is 65.2 Å². The number of anilines is 1. The molecule has 1 saturated heterocycles. The van der Waals surface area contributed by atoms with Gasteiger partial charge in [0.15, 0.2) is 9.84 Å². The largest absolute Gasteiger partial charge is 0.379 e. The molecule has 0 spiro atoms. The number of nitrogens with zero attached hydrogens (tertiary/aromatic N) is 3. The lowest BCUT2D eigenvalue weighted by Gasteiger charge is -2.26.